The number of benzene rings is 2. The van der Waals surface area contributed by atoms with Crippen molar-refractivity contribution in [3.8, 4) is 23.0 Å². The molecule has 0 saturated heterocycles. The lowest BCUT2D eigenvalue weighted by Crippen LogP contribution is -2.24. The second-order valence-electron chi connectivity index (χ2n) is 5.17. The minimum atomic E-state index is -0.367. The van der Waals surface area contributed by atoms with E-state index in [0.29, 0.717) is 45.5 Å². The van der Waals surface area contributed by atoms with Crippen LogP contribution in [-0.2, 0) is 0 Å². The zero-order valence-corrected chi connectivity index (χ0v) is 15.1. The third kappa shape index (κ3) is 3.45. The second-order valence-corrected chi connectivity index (χ2v) is 5.17. The molecule has 8 heteroatoms. The van der Waals surface area contributed by atoms with Crippen LogP contribution in [-0.4, -0.2) is 28.4 Å². The number of hydrogen-bond donors (Lipinski definition) is 3. The maximum atomic E-state index is 13.2. The van der Waals surface area contributed by atoms with E-state index in [4.69, 9.17) is 30.5 Å². The summed E-state index contributed by atoms with van der Waals surface area (Å²) in [4.78, 5) is 0. The molecule has 0 radical (unpaired) electrons. The highest BCUT2D eigenvalue weighted by molar-refractivity contribution is 5.91. The Morgan fingerprint density at radius 2 is 1.46 bits per heavy atom. The molecule has 7 nitrogen and oxygen atoms in total. The van der Waals surface area contributed by atoms with Gasteiger partial charge in [0.1, 0.15) is 5.82 Å². The van der Waals surface area contributed by atoms with Crippen LogP contribution in [0.15, 0.2) is 30.3 Å². The fourth-order valence-electron chi connectivity index (χ4n) is 2.59. The van der Waals surface area contributed by atoms with Crippen molar-refractivity contribution in [2.45, 2.75) is 0 Å². The number of hydrogen-bond acceptors (Lipinski definition) is 7. The smallest absolute Gasteiger partial charge is 0.207 e. The molecule has 0 unspecified atom stereocenters. The van der Waals surface area contributed by atoms with Crippen molar-refractivity contribution in [3.63, 3.8) is 0 Å². The summed E-state index contributed by atoms with van der Waals surface area (Å²) in [6.07, 6.45) is 0. The van der Waals surface area contributed by atoms with Gasteiger partial charge in [-0.3, -0.25) is 5.84 Å². The van der Waals surface area contributed by atoms with Crippen molar-refractivity contribution in [2.75, 3.05) is 28.4 Å². The van der Waals surface area contributed by atoms with Crippen LogP contribution in [0.1, 0.15) is 11.1 Å². The third-order valence-electron chi connectivity index (χ3n) is 3.83. The third-order valence-corrected chi connectivity index (χ3v) is 3.83. The van der Waals surface area contributed by atoms with Crippen LogP contribution in [0.4, 0.5) is 4.39 Å². The van der Waals surface area contributed by atoms with E-state index in [2.05, 4.69) is 5.43 Å². The highest BCUT2D eigenvalue weighted by atomic mass is 19.1. The summed E-state index contributed by atoms with van der Waals surface area (Å²) in [7, 11) is 5.95. The highest BCUT2D eigenvalue weighted by Gasteiger charge is 2.24. The molecule has 2 aromatic carbocycles. The number of ether oxygens (including phenoxy) is 4. The fourth-order valence-corrected chi connectivity index (χ4v) is 2.59. The number of nitrogens with two attached hydrogens (primary N) is 2. The zero-order chi connectivity index (χ0) is 19.3. The van der Waals surface area contributed by atoms with Crippen molar-refractivity contribution in [1.82, 2.24) is 5.43 Å². The summed E-state index contributed by atoms with van der Waals surface area (Å²) in [5, 5.41) is 0. The maximum absolute atomic E-state index is 13.2. The lowest BCUT2D eigenvalue weighted by atomic mass is 10.0. The van der Waals surface area contributed by atoms with Gasteiger partial charge in [0.25, 0.3) is 0 Å². The summed E-state index contributed by atoms with van der Waals surface area (Å²) in [5.41, 5.74) is 10.5. The standard InChI is InChI=1S/C18H22FN3O4/c1-23-13-9-12(16(24-2)18(26-4)17(13)25-3)15(22-21)14(20)10-5-7-11(19)8-6-10/h5-9,22H,20-21H2,1-4H3. The summed E-state index contributed by atoms with van der Waals surface area (Å²) in [6, 6.07) is 7.37. The zero-order valence-electron chi connectivity index (χ0n) is 15.1. The fraction of sp³-hybridized carbons (Fsp3) is 0.222. The van der Waals surface area contributed by atoms with Crippen LogP contribution in [0.25, 0.3) is 11.4 Å². The van der Waals surface area contributed by atoms with Gasteiger partial charge in [-0.15, -0.1) is 0 Å². The Labute approximate surface area is 151 Å². The van der Waals surface area contributed by atoms with Crippen molar-refractivity contribution in [1.29, 1.82) is 0 Å². The molecule has 0 aromatic heterocycles. The maximum Gasteiger partial charge on any atom is 0.207 e. The summed E-state index contributed by atoms with van der Waals surface area (Å²) in [6.45, 7) is 0. The molecular formula is C18H22FN3O4. The molecule has 5 N–H and O–H groups in total. The van der Waals surface area contributed by atoms with Gasteiger partial charge >= 0.3 is 0 Å². The predicted molar refractivity (Wildman–Crippen MR) is 97.4 cm³/mol. The predicted octanol–water partition coefficient (Wildman–Crippen LogP) is 2.11. The van der Waals surface area contributed by atoms with Crippen LogP contribution in [0, 0.1) is 5.82 Å². The van der Waals surface area contributed by atoms with Gasteiger partial charge in [-0.1, -0.05) is 0 Å². The second kappa shape index (κ2) is 8.30. The number of halogens is 1. The van der Waals surface area contributed by atoms with Crippen molar-refractivity contribution < 1.29 is 23.3 Å². The molecule has 0 amide bonds. The minimum absolute atomic E-state index is 0.292. The Balaban J connectivity index is 2.78. The Bertz CT molecular complexity index is 807. The van der Waals surface area contributed by atoms with Gasteiger partial charge in [-0.05, 0) is 35.9 Å². The van der Waals surface area contributed by atoms with Gasteiger partial charge in [0, 0.05) is 0 Å². The van der Waals surface area contributed by atoms with Gasteiger partial charge < -0.3 is 30.1 Å². The largest absolute Gasteiger partial charge is 0.493 e. The molecule has 0 aliphatic rings. The molecule has 0 aliphatic carbocycles. The molecule has 0 fully saturated rings. The van der Waals surface area contributed by atoms with Crippen LogP contribution in [0.2, 0.25) is 0 Å². The number of hydrazine groups is 1. The molecule has 0 atom stereocenters. The van der Waals surface area contributed by atoms with Gasteiger partial charge in [-0.2, -0.15) is 0 Å². The lowest BCUT2D eigenvalue weighted by Gasteiger charge is -2.21. The van der Waals surface area contributed by atoms with Gasteiger partial charge in [0.05, 0.1) is 45.4 Å². The first-order chi connectivity index (χ1) is 12.5. The lowest BCUT2D eigenvalue weighted by molar-refractivity contribution is 0.305. The Morgan fingerprint density at radius 3 is 1.92 bits per heavy atom. The van der Waals surface area contributed by atoms with E-state index in [-0.39, 0.29) is 5.82 Å². The molecule has 140 valence electrons. The molecule has 0 bridgehead atoms. The quantitative estimate of drug-likeness (QED) is 0.393. The summed E-state index contributed by atoms with van der Waals surface area (Å²) >= 11 is 0. The Hall–Kier alpha value is -3.13. The van der Waals surface area contributed by atoms with Crippen molar-refractivity contribution in [2.24, 2.45) is 11.6 Å². The van der Waals surface area contributed by atoms with E-state index >= 15 is 0 Å². The number of rotatable bonds is 7. The van der Waals surface area contributed by atoms with E-state index in [0.717, 1.165) is 0 Å². The summed E-state index contributed by atoms with van der Waals surface area (Å²) in [5.74, 6) is 6.80. The van der Waals surface area contributed by atoms with Crippen molar-refractivity contribution in [3.05, 3.63) is 47.3 Å². The average Bonchev–Trinajstić information content (AvgIpc) is 2.67. The summed E-state index contributed by atoms with van der Waals surface area (Å²) < 4.78 is 34.8. The molecule has 2 rings (SSSR count). The molecule has 0 spiro atoms. The molecule has 0 saturated carbocycles. The first-order valence-corrected chi connectivity index (χ1v) is 7.61. The van der Waals surface area contributed by atoms with E-state index in [1.165, 1.54) is 40.6 Å². The van der Waals surface area contributed by atoms with E-state index in [1.807, 2.05) is 0 Å². The normalized spacial score (nSPS) is 11.5. The molecular weight excluding hydrogens is 341 g/mol. The highest BCUT2D eigenvalue weighted by Crippen LogP contribution is 2.48. The Kier molecular flexibility index (Phi) is 6.13. The van der Waals surface area contributed by atoms with E-state index < -0.39 is 0 Å². The van der Waals surface area contributed by atoms with Gasteiger partial charge in [0.15, 0.2) is 11.5 Å². The monoisotopic (exact) mass is 363 g/mol. The van der Waals surface area contributed by atoms with Crippen molar-refractivity contribution >= 4 is 11.4 Å². The van der Waals surface area contributed by atoms with Gasteiger partial charge in [0.2, 0.25) is 11.5 Å². The number of nitrogens with one attached hydrogen (secondary N) is 1. The topological polar surface area (TPSA) is 101 Å². The molecule has 2 aromatic rings. The van der Waals surface area contributed by atoms with Crippen LogP contribution >= 0.6 is 0 Å². The van der Waals surface area contributed by atoms with E-state index in [1.54, 1.807) is 18.2 Å². The molecule has 26 heavy (non-hydrogen) atoms. The SMILES string of the molecule is COc1cc(C(NN)=C(N)c2ccc(F)cc2)c(OC)c(OC)c1OC. The van der Waals surface area contributed by atoms with Crippen LogP contribution in [0.3, 0.4) is 0 Å². The molecule has 0 heterocycles. The average molecular weight is 363 g/mol. The first kappa shape index (κ1) is 19.2. The Morgan fingerprint density at radius 1 is 0.885 bits per heavy atom. The molecule has 0 aliphatic heterocycles. The number of methoxy groups -OCH3 is 4. The minimum Gasteiger partial charge on any atom is -0.493 e. The van der Waals surface area contributed by atoms with Crippen LogP contribution in [0.5, 0.6) is 23.0 Å². The van der Waals surface area contributed by atoms with Crippen LogP contribution < -0.4 is 35.9 Å². The van der Waals surface area contributed by atoms with E-state index in [9.17, 15) is 4.39 Å². The van der Waals surface area contributed by atoms with Gasteiger partial charge in [-0.25, -0.2) is 4.39 Å². The first-order valence-electron chi connectivity index (χ1n) is 7.61.